The molecule has 23 heavy (non-hydrogen) atoms. The smallest absolute Gasteiger partial charge is 0.310 e. The molecule has 6 heteroatoms. The predicted octanol–water partition coefficient (Wildman–Crippen LogP) is 1.80. The first kappa shape index (κ1) is 17.0. The summed E-state index contributed by atoms with van der Waals surface area (Å²) in [5.41, 5.74) is 0.905. The van der Waals surface area contributed by atoms with Gasteiger partial charge in [-0.1, -0.05) is 18.2 Å². The molecule has 0 aliphatic carbocycles. The number of amides is 2. The van der Waals surface area contributed by atoms with Crippen molar-refractivity contribution in [2.45, 2.75) is 33.1 Å². The van der Waals surface area contributed by atoms with Crippen LogP contribution in [0.3, 0.4) is 0 Å². The zero-order valence-electron chi connectivity index (χ0n) is 13.4. The number of anilines is 1. The van der Waals surface area contributed by atoms with Crippen LogP contribution in [0.25, 0.3) is 0 Å². The molecule has 1 unspecified atom stereocenters. The van der Waals surface area contributed by atoms with Crippen LogP contribution in [0.4, 0.5) is 5.69 Å². The first-order chi connectivity index (χ1) is 10.8. The highest BCUT2D eigenvalue weighted by Gasteiger charge is 2.29. The van der Waals surface area contributed by atoms with E-state index in [-0.39, 0.29) is 30.7 Å². The van der Waals surface area contributed by atoms with Crippen molar-refractivity contribution in [2.24, 2.45) is 11.3 Å². The Morgan fingerprint density at radius 1 is 1.35 bits per heavy atom. The number of hydrogen-bond acceptors (Lipinski definition) is 3. The van der Waals surface area contributed by atoms with Crippen LogP contribution < -0.4 is 10.6 Å². The Bertz CT molecular complexity index is 625. The molecule has 2 rings (SSSR count). The molecule has 1 atom stereocenters. The third-order valence-electron chi connectivity index (χ3n) is 4.14. The second kappa shape index (κ2) is 6.81. The summed E-state index contributed by atoms with van der Waals surface area (Å²) in [5, 5.41) is 14.5. The standard InChI is InChI=1S/C17H22N2O4/c1-17(2,16(22)23)10-18-14(20)8-7-12-9-11-5-3-4-6-13(11)19-15(12)21/h3-6,12H,7-10H2,1-2H3,(H,18,20)(H,19,21)(H,22,23). The quantitative estimate of drug-likeness (QED) is 0.745. The van der Waals surface area contributed by atoms with E-state index in [9.17, 15) is 14.4 Å². The van der Waals surface area contributed by atoms with Gasteiger partial charge in [0.05, 0.1) is 5.41 Å². The number of carbonyl (C=O) groups excluding carboxylic acids is 2. The number of carbonyl (C=O) groups is 3. The van der Waals surface area contributed by atoms with Crippen molar-refractivity contribution in [3.8, 4) is 0 Å². The number of nitrogens with one attached hydrogen (secondary N) is 2. The van der Waals surface area contributed by atoms with Gasteiger partial charge in [-0.15, -0.1) is 0 Å². The van der Waals surface area contributed by atoms with E-state index in [2.05, 4.69) is 10.6 Å². The number of para-hydroxylation sites is 1. The lowest BCUT2D eigenvalue weighted by molar-refractivity contribution is -0.146. The maximum atomic E-state index is 12.1. The van der Waals surface area contributed by atoms with Gasteiger partial charge in [-0.25, -0.2) is 0 Å². The Hall–Kier alpha value is -2.37. The molecule has 1 heterocycles. The summed E-state index contributed by atoms with van der Waals surface area (Å²) in [6.07, 6.45) is 1.27. The molecule has 2 amide bonds. The minimum absolute atomic E-state index is 0.0673. The fraction of sp³-hybridized carbons (Fsp3) is 0.471. The van der Waals surface area contributed by atoms with Crippen LogP contribution in [0.2, 0.25) is 0 Å². The van der Waals surface area contributed by atoms with Crippen molar-refractivity contribution in [2.75, 3.05) is 11.9 Å². The predicted molar refractivity (Wildman–Crippen MR) is 85.9 cm³/mol. The zero-order chi connectivity index (χ0) is 17.0. The number of benzene rings is 1. The van der Waals surface area contributed by atoms with Gasteiger partial charge in [0.25, 0.3) is 0 Å². The Morgan fingerprint density at radius 2 is 2.04 bits per heavy atom. The molecule has 0 aromatic heterocycles. The normalized spacial score (nSPS) is 17.1. The Kier molecular flexibility index (Phi) is 5.03. The molecule has 1 aliphatic rings. The van der Waals surface area contributed by atoms with Gasteiger partial charge in [0.1, 0.15) is 0 Å². The maximum absolute atomic E-state index is 12.1. The number of carboxylic acid groups (broad SMARTS) is 1. The van der Waals surface area contributed by atoms with Crippen molar-refractivity contribution in [1.82, 2.24) is 5.32 Å². The van der Waals surface area contributed by atoms with Gasteiger partial charge in [-0.3, -0.25) is 14.4 Å². The highest BCUT2D eigenvalue weighted by atomic mass is 16.4. The third kappa shape index (κ3) is 4.31. The van der Waals surface area contributed by atoms with Gasteiger partial charge >= 0.3 is 5.97 Å². The summed E-state index contributed by atoms with van der Waals surface area (Å²) in [5.74, 6) is -1.49. The zero-order valence-corrected chi connectivity index (χ0v) is 13.4. The van der Waals surface area contributed by atoms with Crippen LogP contribution in [0.1, 0.15) is 32.3 Å². The Morgan fingerprint density at radius 3 is 2.74 bits per heavy atom. The van der Waals surface area contributed by atoms with Gasteiger partial charge in [-0.2, -0.15) is 0 Å². The third-order valence-corrected chi connectivity index (χ3v) is 4.14. The van der Waals surface area contributed by atoms with Crippen LogP contribution in [-0.2, 0) is 20.8 Å². The molecule has 1 aromatic carbocycles. The van der Waals surface area contributed by atoms with Gasteiger partial charge < -0.3 is 15.7 Å². The number of aliphatic carboxylic acids is 1. The van der Waals surface area contributed by atoms with Crippen molar-refractivity contribution < 1.29 is 19.5 Å². The van der Waals surface area contributed by atoms with Crippen LogP contribution in [0.15, 0.2) is 24.3 Å². The van der Waals surface area contributed by atoms with E-state index >= 15 is 0 Å². The summed E-state index contributed by atoms with van der Waals surface area (Å²) in [7, 11) is 0. The highest BCUT2D eigenvalue weighted by Crippen LogP contribution is 2.27. The van der Waals surface area contributed by atoms with Gasteiger partial charge in [0.2, 0.25) is 11.8 Å². The topological polar surface area (TPSA) is 95.5 Å². The van der Waals surface area contributed by atoms with E-state index in [0.29, 0.717) is 12.8 Å². The van der Waals surface area contributed by atoms with Crippen LogP contribution in [-0.4, -0.2) is 29.4 Å². The molecule has 0 saturated carbocycles. The average molecular weight is 318 g/mol. The van der Waals surface area contributed by atoms with Gasteiger partial charge in [0.15, 0.2) is 0 Å². The molecule has 3 N–H and O–H groups in total. The van der Waals surface area contributed by atoms with Crippen LogP contribution >= 0.6 is 0 Å². The molecule has 1 aliphatic heterocycles. The summed E-state index contributed by atoms with van der Waals surface area (Å²) in [4.78, 5) is 34.9. The molecule has 0 saturated heterocycles. The fourth-order valence-corrected chi connectivity index (χ4v) is 2.44. The minimum Gasteiger partial charge on any atom is -0.481 e. The molecule has 124 valence electrons. The number of carboxylic acids is 1. The molecule has 1 aromatic rings. The second-order valence-corrected chi connectivity index (χ2v) is 6.55. The summed E-state index contributed by atoms with van der Waals surface area (Å²) < 4.78 is 0. The largest absolute Gasteiger partial charge is 0.481 e. The summed E-state index contributed by atoms with van der Waals surface area (Å²) >= 11 is 0. The monoisotopic (exact) mass is 318 g/mol. The summed E-state index contributed by atoms with van der Waals surface area (Å²) in [6, 6.07) is 7.63. The van der Waals surface area contributed by atoms with E-state index < -0.39 is 11.4 Å². The SMILES string of the molecule is CC(C)(CNC(=O)CCC1Cc2ccccc2NC1=O)C(=O)O. The minimum atomic E-state index is -1.00. The lowest BCUT2D eigenvalue weighted by Gasteiger charge is -2.24. The second-order valence-electron chi connectivity index (χ2n) is 6.55. The van der Waals surface area contributed by atoms with Crippen LogP contribution in [0.5, 0.6) is 0 Å². The highest BCUT2D eigenvalue weighted by molar-refractivity contribution is 5.96. The number of rotatable bonds is 6. The molecular weight excluding hydrogens is 296 g/mol. The van der Waals surface area contributed by atoms with Crippen molar-refractivity contribution in [3.05, 3.63) is 29.8 Å². The van der Waals surface area contributed by atoms with Crippen molar-refractivity contribution in [3.63, 3.8) is 0 Å². The lowest BCUT2D eigenvalue weighted by atomic mass is 9.89. The average Bonchev–Trinajstić information content (AvgIpc) is 2.50. The first-order valence-electron chi connectivity index (χ1n) is 7.68. The Balaban J connectivity index is 1.83. The molecule has 0 fully saturated rings. The van der Waals surface area contributed by atoms with Gasteiger partial charge in [0, 0.05) is 24.6 Å². The van der Waals surface area contributed by atoms with E-state index in [1.807, 2.05) is 24.3 Å². The van der Waals surface area contributed by atoms with Crippen LogP contribution in [0, 0.1) is 11.3 Å². The first-order valence-corrected chi connectivity index (χ1v) is 7.68. The van der Waals surface area contributed by atoms with Gasteiger partial charge in [-0.05, 0) is 38.3 Å². The summed E-state index contributed by atoms with van der Waals surface area (Å²) in [6.45, 7) is 3.18. The van der Waals surface area contributed by atoms with E-state index in [1.165, 1.54) is 0 Å². The van der Waals surface area contributed by atoms with Crippen molar-refractivity contribution in [1.29, 1.82) is 0 Å². The molecule has 6 nitrogen and oxygen atoms in total. The van der Waals surface area contributed by atoms with E-state index in [0.717, 1.165) is 11.3 Å². The maximum Gasteiger partial charge on any atom is 0.310 e. The Labute approximate surface area is 135 Å². The molecule has 0 spiro atoms. The number of hydrogen-bond donors (Lipinski definition) is 3. The van der Waals surface area contributed by atoms with E-state index in [4.69, 9.17) is 5.11 Å². The molecule has 0 bridgehead atoms. The number of fused-ring (bicyclic) bond motifs is 1. The molecular formula is C17H22N2O4. The lowest BCUT2D eigenvalue weighted by Crippen LogP contribution is -2.39. The molecule has 0 radical (unpaired) electrons. The van der Waals surface area contributed by atoms with Crippen molar-refractivity contribution >= 4 is 23.5 Å². The van der Waals surface area contributed by atoms with E-state index in [1.54, 1.807) is 13.8 Å². The fourth-order valence-electron chi connectivity index (χ4n) is 2.44.